The van der Waals surface area contributed by atoms with E-state index < -0.39 is 21.1 Å². The second-order valence-electron chi connectivity index (χ2n) is 7.30. The summed E-state index contributed by atoms with van der Waals surface area (Å²) in [7, 11) is -2.15. The molecule has 0 atom stereocenters. The van der Waals surface area contributed by atoms with E-state index in [1.54, 1.807) is 27.0 Å². The van der Waals surface area contributed by atoms with Gasteiger partial charge in [0, 0.05) is 24.4 Å². The van der Waals surface area contributed by atoms with Crippen molar-refractivity contribution in [3.05, 3.63) is 57.8 Å². The molecular formula is C20H22FN5O4S. The molecule has 164 valence electrons. The topological polar surface area (TPSA) is 116 Å². The number of pyridine rings is 1. The summed E-state index contributed by atoms with van der Waals surface area (Å²) in [4.78, 5) is 24.5. The van der Waals surface area contributed by atoms with Crippen LogP contribution in [0.1, 0.15) is 25.0 Å². The van der Waals surface area contributed by atoms with E-state index in [0.29, 0.717) is 22.4 Å². The molecule has 2 heterocycles. The van der Waals surface area contributed by atoms with Crippen LogP contribution in [-0.4, -0.2) is 33.2 Å². The highest BCUT2D eigenvalue weighted by Gasteiger charge is 2.20. The maximum atomic E-state index is 13.4. The summed E-state index contributed by atoms with van der Waals surface area (Å²) >= 11 is 0. The Morgan fingerprint density at radius 2 is 1.81 bits per heavy atom. The van der Waals surface area contributed by atoms with Gasteiger partial charge < -0.3 is 9.30 Å². The molecule has 0 saturated heterocycles. The fourth-order valence-corrected chi connectivity index (χ4v) is 3.23. The average molecular weight is 447 g/mol. The van der Waals surface area contributed by atoms with E-state index in [0.717, 1.165) is 0 Å². The summed E-state index contributed by atoms with van der Waals surface area (Å²) in [5, 5.41) is -0.726. The molecule has 0 spiro atoms. The number of nitrogens with one attached hydrogen (secondary N) is 1. The van der Waals surface area contributed by atoms with Crippen LogP contribution in [0.3, 0.4) is 0 Å². The molecule has 0 fully saturated rings. The quantitative estimate of drug-likeness (QED) is 0.617. The van der Waals surface area contributed by atoms with E-state index in [2.05, 4.69) is 19.7 Å². The monoisotopic (exact) mass is 447 g/mol. The number of hydrogen-bond acceptors (Lipinski definition) is 7. The first-order valence-corrected chi connectivity index (χ1v) is 10.9. The molecule has 1 aromatic carbocycles. The Kier molecular flexibility index (Phi) is 6.07. The van der Waals surface area contributed by atoms with Crippen LogP contribution in [-0.2, 0) is 17.1 Å². The van der Waals surface area contributed by atoms with Crippen molar-refractivity contribution in [2.75, 3.05) is 4.72 Å². The number of nitrogens with zero attached hydrogens (tertiary/aromatic N) is 4. The number of benzene rings is 1. The van der Waals surface area contributed by atoms with E-state index in [-0.39, 0.29) is 23.3 Å². The molecule has 0 aliphatic heterocycles. The zero-order valence-electron chi connectivity index (χ0n) is 17.7. The lowest BCUT2D eigenvalue weighted by Crippen LogP contribution is -2.24. The van der Waals surface area contributed by atoms with Gasteiger partial charge in [-0.3, -0.25) is 9.52 Å². The number of hydrogen-bond donors (Lipinski definition) is 1. The Morgan fingerprint density at radius 1 is 1.10 bits per heavy atom. The Morgan fingerprint density at radius 3 is 2.42 bits per heavy atom. The fraction of sp³-hybridized carbons (Fsp3) is 0.300. The zero-order valence-corrected chi connectivity index (χ0v) is 18.5. The number of rotatable bonds is 6. The predicted molar refractivity (Wildman–Crippen MR) is 114 cm³/mol. The van der Waals surface area contributed by atoms with Gasteiger partial charge in [-0.05, 0) is 57.5 Å². The predicted octanol–water partition coefficient (Wildman–Crippen LogP) is 2.94. The van der Waals surface area contributed by atoms with Crippen molar-refractivity contribution >= 4 is 16.0 Å². The standard InChI is InChI=1S/C20H22FN5O4S/c1-11(2)31(28,29)25-19-22-17(14-8-13(4)18(27)26(5)10-14)23-20(24-19)30-16-7-6-15(21)9-12(16)3/h6-11H,1-5H3,(H,22,23,24,25). The van der Waals surface area contributed by atoms with Gasteiger partial charge in [0.05, 0.1) is 5.25 Å². The van der Waals surface area contributed by atoms with Gasteiger partial charge in [-0.25, -0.2) is 12.8 Å². The van der Waals surface area contributed by atoms with Crippen molar-refractivity contribution in [1.82, 2.24) is 19.5 Å². The fourth-order valence-electron chi connectivity index (χ4n) is 2.65. The largest absolute Gasteiger partial charge is 0.424 e. The smallest absolute Gasteiger partial charge is 0.327 e. The average Bonchev–Trinajstić information content (AvgIpc) is 2.67. The van der Waals surface area contributed by atoms with Gasteiger partial charge in [-0.15, -0.1) is 0 Å². The molecule has 0 unspecified atom stereocenters. The SMILES string of the molecule is Cc1cc(F)ccc1Oc1nc(NS(=O)(=O)C(C)C)nc(-c2cc(C)c(=O)n(C)c2)n1. The van der Waals surface area contributed by atoms with Gasteiger partial charge >= 0.3 is 6.01 Å². The molecule has 9 nitrogen and oxygen atoms in total. The van der Waals surface area contributed by atoms with Crippen LogP contribution in [0, 0.1) is 19.7 Å². The summed E-state index contributed by atoms with van der Waals surface area (Å²) in [5.74, 6) is -0.259. The lowest BCUT2D eigenvalue weighted by molar-refractivity contribution is 0.437. The molecular weight excluding hydrogens is 425 g/mol. The normalized spacial score (nSPS) is 11.6. The van der Waals surface area contributed by atoms with Crippen molar-refractivity contribution < 1.29 is 17.5 Å². The van der Waals surface area contributed by atoms with Crippen LogP contribution in [0.25, 0.3) is 11.4 Å². The Labute approximate surface area is 179 Å². The number of aryl methyl sites for hydroxylation is 3. The third-order valence-electron chi connectivity index (χ3n) is 4.43. The van der Waals surface area contributed by atoms with Crippen molar-refractivity contribution in [1.29, 1.82) is 0 Å². The van der Waals surface area contributed by atoms with Crippen LogP contribution < -0.4 is 15.0 Å². The molecule has 0 saturated carbocycles. The summed E-state index contributed by atoms with van der Waals surface area (Å²) < 4.78 is 47.4. The first-order valence-electron chi connectivity index (χ1n) is 9.35. The first-order chi connectivity index (χ1) is 14.5. The van der Waals surface area contributed by atoms with Crippen LogP contribution in [0.15, 0.2) is 35.3 Å². The maximum Gasteiger partial charge on any atom is 0.327 e. The van der Waals surface area contributed by atoms with E-state index >= 15 is 0 Å². The molecule has 0 amide bonds. The van der Waals surface area contributed by atoms with Gasteiger partial charge in [-0.1, -0.05) is 0 Å². The van der Waals surface area contributed by atoms with Crippen molar-refractivity contribution in [3.63, 3.8) is 0 Å². The second-order valence-corrected chi connectivity index (χ2v) is 9.54. The van der Waals surface area contributed by atoms with Gasteiger partial charge in [0.2, 0.25) is 16.0 Å². The van der Waals surface area contributed by atoms with E-state index in [1.165, 1.54) is 42.8 Å². The number of anilines is 1. The second kappa shape index (κ2) is 8.42. The number of sulfonamides is 1. The first kappa shape index (κ1) is 22.3. The van der Waals surface area contributed by atoms with Crippen molar-refractivity contribution in [3.8, 4) is 23.1 Å². The Bertz CT molecular complexity index is 1280. The molecule has 1 N–H and O–H groups in total. The summed E-state index contributed by atoms with van der Waals surface area (Å²) in [6.07, 6.45) is 1.53. The molecule has 3 rings (SSSR count). The highest BCUT2D eigenvalue weighted by Crippen LogP contribution is 2.26. The van der Waals surface area contributed by atoms with Crippen LogP contribution in [0.5, 0.6) is 11.8 Å². The third kappa shape index (κ3) is 5.05. The minimum atomic E-state index is -3.74. The van der Waals surface area contributed by atoms with Gasteiger partial charge in [0.15, 0.2) is 5.82 Å². The number of halogens is 1. The molecule has 3 aromatic rings. The molecule has 0 bridgehead atoms. The third-order valence-corrected chi connectivity index (χ3v) is 6.14. The van der Waals surface area contributed by atoms with E-state index in [4.69, 9.17) is 4.74 Å². The van der Waals surface area contributed by atoms with Crippen LogP contribution >= 0.6 is 0 Å². The molecule has 0 aliphatic rings. The van der Waals surface area contributed by atoms with Crippen molar-refractivity contribution in [2.24, 2.45) is 7.05 Å². The Balaban J connectivity index is 2.13. The van der Waals surface area contributed by atoms with Gasteiger partial charge in [0.1, 0.15) is 11.6 Å². The summed E-state index contributed by atoms with van der Waals surface area (Å²) in [6, 6.07) is 5.33. The van der Waals surface area contributed by atoms with Crippen LogP contribution in [0.4, 0.5) is 10.3 Å². The van der Waals surface area contributed by atoms with Gasteiger partial charge in [0.25, 0.3) is 5.56 Å². The van der Waals surface area contributed by atoms with E-state index in [9.17, 15) is 17.6 Å². The van der Waals surface area contributed by atoms with E-state index in [1.807, 2.05) is 0 Å². The molecule has 11 heteroatoms. The molecule has 2 aromatic heterocycles. The molecule has 0 aliphatic carbocycles. The highest BCUT2D eigenvalue weighted by atomic mass is 32.2. The number of ether oxygens (including phenoxy) is 1. The Hall–Kier alpha value is -3.34. The van der Waals surface area contributed by atoms with Crippen molar-refractivity contribution in [2.45, 2.75) is 32.9 Å². The highest BCUT2D eigenvalue weighted by molar-refractivity contribution is 7.93. The van der Waals surface area contributed by atoms with Crippen LogP contribution in [0.2, 0.25) is 0 Å². The summed E-state index contributed by atoms with van der Waals surface area (Å²) in [6.45, 7) is 6.33. The number of aromatic nitrogens is 4. The lowest BCUT2D eigenvalue weighted by atomic mass is 10.2. The maximum absolute atomic E-state index is 13.4. The molecule has 0 radical (unpaired) electrons. The van der Waals surface area contributed by atoms with Gasteiger partial charge in [-0.2, -0.15) is 15.0 Å². The lowest BCUT2D eigenvalue weighted by Gasteiger charge is -2.13. The zero-order chi connectivity index (χ0) is 22.9. The molecule has 31 heavy (non-hydrogen) atoms. The summed E-state index contributed by atoms with van der Waals surface area (Å²) in [5.41, 5.74) is 1.25. The minimum absolute atomic E-state index is 0.102. The minimum Gasteiger partial charge on any atom is -0.424 e.